The number of hydrogen-bond acceptors (Lipinski definition) is 5. The van der Waals surface area contributed by atoms with Gasteiger partial charge in [0, 0.05) is 45.6 Å². The maximum Gasteiger partial charge on any atom is 0.317 e. The molecule has 2 aliphatic rings. The average Bonchev–Trinajstić information content (AvgIpc) is 2.72. The molecular weight excluding hydrogens is 394 g/mol. The number of urea groups is 1. The number of sulfonamides is 1. The number of nitrogens with one attached hydrogen (secondary N) is 1. The Labute approximate surface area is 173 Å². The fraction of sp³-hybridized carbons (Fsp3) is 0.650. The van der Waals surface area contributed by atoms with Crippen LogP contribution >= 0.6 is 0 Å². The Bertz CT molecular complexity index is 800. The molecule has 2 amide bonds. The maximum atomic E-state index is 12.4. The van der Waals surface area contributed by atoms with Crippen LogP contribution in [0.5, 0.6) is 5.75 Å². The van der Waals surface area contributed by atoms with Gasteiger partial charge in [-0.2, -0.15) is 4.31 Å². The lowest BCUT2D eigenvalue weighted by molar-refractivity contribution is 0.0730. The van der Waals surface area contributed by atoms with E-state index < -0.39 is 10.0 Å². The van der Waals surface area contributed by atoms with E-state index in [4.69, 9.17) is 9.47 Å². The highest BCUT2D eigenvalue weighted by Gasteiger charge is 2.26. The molecule has 0 spiro atoms. The molecule has 1 aromatic rings. The molecule has 8 nitrogen and oxygen atoms in total. The summed E-state index contributed by atoms with van der Waals surface area (Å²) >= 11 is 0. The largest absolute Gasteiger partial charge is 0.490 e. The number of ether oxygens (including phenoxy) is 2. The van der Waals surface area contributed by atoms with E-state index in [9.17, 15) is 13.2 Å². The normalized spacial score (nSPS) is 19.2. The number of morpholine rings is 1. The molecule has 2 heterocycles. The smallest absolute Gasteiger partial charge is 0.317 e. The number of piperidine rings is 1. The summed E-state index contributed by atoms with van der Waals surface area (Å²) < 4.78 is 37.3. The third-order valence-electron chi connectivity index (χ3n) is 5.37. The summed E-state index contributed by atoms with van der Waals surface area (Å²) in [6.45, 7) is 6.97. The summed E-state index contributed by atoms with van der Waals surface area (Å²) in [5.74, 6) is 0.812. The molecule has 0 atom stereocenters. The number of likely N-dealkylation sites (tertiary alicyclic amines) is 1. The quantitative estimate of drug-likeness (QED) is 0.747. The van der Waals surface area contributed by atoms with Crippen LogP contribution in [0.3, 0.4) is 0 Å². The molecule has 0 radical (unpaired) electrons. The van der Waals surface area contributed by atoms with Crippen LogP contribution in [-0.2, 0) is 14.8 Å². The lowest BCUT2D eigenvalue weighted by Crippen LogP contribution is -2.48. The molecule has 29 heavy (non-hydrogen) atoms. The van der Waals surface area contributed by atoms with Crippen LogP contribution in [0.25, 0.3) is 0 Å². The number of carbonyl (C=O) groups is 1. The van der Waals surface area contributed by atoms with E-state index in [1.54, 1.807) is 4.90 Å². The van der Waals surface area contributed by atoms with Gasteiger partial charge in [0.15, 0.2) is 0 Å². The predicted octanol–water partition coefficient (Wildman–Crippen LogP) is 1.52. The first-order chi connectivity index (χ1) is 13.8. The predicted molar refractivity (Wildman–Crippen MR) is 111 cm³/mol. The van der Waals surface area contributed by atoms with Crippen LogP contribution in [0.2, 0.25) is 0 Å². The number of aryl methyl sites for hydroxylation is 2. The Kier molecular flexibility index (Phi) is 7.37. The highest BCUT2D eigenvalue weighted by atomic mass is 32.2. The van der Waals surface area contributed by atoms with Gasteiger partial charge in [0.25, 0.3) is 0 Å². The Morgan fingerprint density at radius 3 is 2.55 bits per heavy atom. The van der Waals surface area contributed by atoms with Crippen LogP contribution in [0.4, 0.5) is 4.79 Å². The summed E-state index contributed by atoms with van der Waals surface area (Å²) in [5, 5.41) is 2.74. The summed E-state index contributed by atoms with van der Waals surface area (Å²) in [5.41, 5.74) is 2.27. The van der Waals surface area contributed by atoms with Gasteiger partial charge in [-0.05, 0) is 31.0 Å². The van der Waals surface area contributed by atoms with Crippen molar-refractivity contribution in [3.63, 3.8) is 0 Å². The Balaban J connectivity index is 1.40. The van der Waals surface area contributed by atoms with E-state index in [0.29, 0.717) is 39.4 Å². The van der Waals surface area contributed by atoms with Crippen LogP contribution in [0.1, 0.15) is 24.0 Å². The molecule has 2 saturated heterocycles. The molecule has 0 unspecified atom stereocenters. The fourth-order valence-corrected chi connectivity index (χ4v) is 4.87. The first kappa shape index (κ1) is 21.9. The second-order valence-electron chi connectivity index (χ2n) is 7.63. The van der Waals surface area contributed by atoms with Crippen molar-refractivity contribution in [2.75, 3.05) is 51.7 Å². The summed E-state index contributed by atoms with van der Waals surface area (Å²) in [4.78, 5) is 14.1. The van der Waals surface area contributed by atoms with Crippen molar-refractivity contribution in [2.45, 2.75) is 32.8 Å². The maximum absolute atomic E-state index is 12.4. The summed E-state index contributed by atoms with van der Waals surface area (Å²) in [6.07, 6.45) is 1.60. The van der Waals surface area contributed by atoms with Gasteiger partial charge in [0.05, 0.1) is 19.0 Å². The van der Waals surface area contributed by atoms with Gasteiger partial charge in [-0.25, -0.2) is 13.2 Å². The van der Waals surface area contributed by atoms with Crippen LogP contribution in [0.15, 0.2) is 18.2 Å². The summed E-state index contributed by atoms with van der Waals surface area (Å²) in [7, 11) is -3.36. The van der Waals surface area contributed by atoms with Crippen molar-refractivity contribution in [2.24, 2.45) is 0 Å². The minimum Gasteiger partial charge on any atom is -0.490 e. The van der Waals surface area contributed by atoms with E-state index in [-0.39, 0.29) is 24.4 Å². The lowest BCUT2D eigenvalue weighted by atomic mass is 10.1. The second kappa shape index (κ2) is 9.77. The third kappa shape index (κ3) is 6.07. The third-order valence-corrected chi connectivity index (χ3v) is 7.24. The lowest BCUT2D eigenvalue weighted by Gasteiger charge is -2.32. The Hall–Kier alpha value is -1.84. The molecular formula is C20H31N3O5S. The van der Waals surface area contributed by atoms with Gasteiger partial charge in [0.2, 0.25) is 10.0 Å². The van der Waals surface area contributed by atoms with Crippen molar-refractivity contribution in [3.05, 3.63) is 29.3 Å². The van der Waals surface area contributed by atoms with Crippen LogP contribution in [0, 0.1) is 13.8 Å². The highest BCUT2D eigenvalue weighted by molar-refractivity contribution is 7.89. The number of rotatable bonds is 6. The van der Waals surface area contributed by atoms with Gasteiger partial charge in [-0.1, -0.05) is 12.1 Å². The molecule has 0 aliphatic carbocycles. The number of nitrogens with zero attached hydrogens (tertiary/aromatic N) is 2. The SMILES string of the molecule is Cc1ccc(C)c(OC2CCN(C(=O)NCCS(=O)(=O)N3CCOCC3)CC2)c1. The molecule has 1 N–H and O–H groups in total. The monoisotopic (exact) mass is 425 g/mol. The van der Waals surface area contributed by atoms with Gasteiger partial charge >= 0.3 is 6.03 Å². The topological polar surface area (TPSA) is 88.2 Å². The van der Waals surface area contributed by atoms with Gasteiger partial charge in [0.1, 0.15) is 11.9 Å². The van der Waals surface area contributed by atoms with Crippen molar-refractivity contribution < 1.29 is 22.7 Å². The molecule has 9 heteroatoms. The van der Waals surface area contributed by atoms with E-state index in [1.165, 1.54) is 4.31 Å². The Morgan fingerprint density at radius 1 is 1.17 bits per heavy atom. The van der Waals surface area contributed by atoms with Crippen molar-refractivity contribution >= 4 is 16.1 Å². The highest BCUT2D eigenvalue weighted by Crippen LogP contribution is 2.24. The van der Waals surface area contributed by atoms with E-state index in [1.807, 2.05) is 19.9 Å². The molecule has 2 fully saturated rings. The zero-order valence-electron chi connectivity index (χ0n) is 17.2. The molecule has 0 saturated carbocycles. The van der Waals surface area contributed by atoms with E-state index in [2.05, 4.69) is 17.4 Å². The van der Waals surface area contributed by atoms with Crippen LogP contribution in [-0.4, -0.2) is 81.4 Å². The van der Waals surface area contributed by atoms with Crippen molar-refractivity contribution in [3.8, 4) is 5.75 Å². The first-order valence-electron chi connectivity index (χ1n) is 10.2. The number of benzene rings is 1. The van der Waals surface area contributed by atoms with Gasteiger partial charge in [-0.3, -0.25) is 0 Å². The zero-order chi connectivity index (χ0) is 20.9. The minimum atomic E-state index is -3.36. The first-order valence-corrected chi connectivity index (χ1v) is 11.8. The number of amides is 2. The van der Waals surface area contributed by atoms with E-state index >= 15 is 0 Å². The molecule has 162 valence electrons. The van der Waals surface area contributed by atoms with Crippen molar-refractivity contribution in [1.82, 2.24) is 14.5 Å². The molecule has 3 rings (SSSR count). The average molecular weight is 426 g/mol. The summed E-state index contributed by atoms with van der Waals surface area (Å²) in [6, 6.07) is 5.95. The standard InChI is InChI=1S/C20H31N3O5S/c1-16-3-4-17(2)19(15-16)28-18-5-8-22(9-6-18)20(24)21-7-14-29(25,26)23-10-12-27-13-11-23/h3-4,15,18H,5-14H2,1-2H3,(H,21,24). The molecule has 1 aromatic carbocycles. The molecule has 0 bridgehead atoms. The zero-order valence-corrected chi connectivity index (χ0v) is 18.0. The van der Waals surface area contributed by atoms with Crippen LogP contribution < -0.4 is 10.1 Å². The van der Waals surface area contributed by atoms with Gasteiger partial charge < -0.3 is 19.7 Å². The fourth-order valence-electron chi connectivity index (χ4n) is 3.54. The second-order valence-corrected chi connectivity index (χ2v) is 9.72. The number of carbonyl (C=O) groups excluding carboxylic acids is 1. The number of hydrogen-bond donors (Lipinski definition) is 1. The van der Waals surface area contributed by atoms with Gasteiger partial charge in [-0.15, -0.1) is 0 Å². The minimum absolute atomic E-state index is 0.0845. The Morgan fingerprint density at radius 2 is 1.86 bits per heavy atom. The van der Waals surface area contributed by atoms with Crippen molar-refractivity contribution in [1.29, 1.82) is 0 Å². The van der Waals surface area contributed by atoms with E-state index in [0.717, 1.165) is 29.7 Å². The molecule has 0 aromatic heterocycles. The molecule has 2 aliphatic heterocycles.